The number of hydrogen-bond donors (Lipinski definition) is 0. The molecule has 0 fully saturated rings. The van der Waals surface area contributed by atoms with Gasteiger partial charge in [0.25, 0.3) is 0 Å². The second-order valence-corrected chi connectivity index (χ2v) is 6.84. The molecule has 0 radical (unpaired) electrons. The van der Waals surface area contributed by atoms with Gasteiger partial charge in [-0.3, -0.25) is 0 Å². The molecule has 1 nitrogen and oxygen atoms in total. The Morgan fingerprint density at radius 2 is 1.90 bits per heavy atom. The summed E-state index contributed by atoms with van der Waals surface area (Å²) in [5.41, 5.74) is 1.96. The monoisotopic (exact) mass is 464 g/mol. The lowest BCUT2D eigenvalue weighted by atomic mass is 10.0. The van der Waals surface area contributed by atoms with E-state index in [4.69, 9.17) is 4.74 Å². The summed E-state index contributed by atoms with van der Waals surface area (Å²) >= 11 is 10.3. The maximum Gasteiger partial charge on any atom is 0.137 e. The van der Waals surface area contributed by atoms with E-state index in [-0.39, 0.29) is 10.6 Å². The second-order valence-electron chi connectivity index (χ2n) is 4.15. The Morgan fingerprint density at radius 1 is 1.15 bits per heavy atom. The quantitative estimate of drug-likeness (QED) is 0.485. The van der Waals surface area contributed by atoms with Gasteiger partial charge in [-0.1, -0.05) is 37.9 Å². The maximum absolute atomic E-state index is 13.3. The van der Waals surface area contributed by atoms with Gasteiger partial charge in [0.1, 0.15) is 11.6 Å². The fourth-order valence-corrected chi connectivity index (χ4v) is 3.27. The van der Waals surface area contributed by atoms with Gasteiger partial charge in [0.15, 0.2) is 0 Å². The first-order valence-corrected chi connectivity index (χ1v) is 8.54. The molecule has 1 unspecified atom stereocenters. The van der Waals surface area contributed by atoms with E-state index < -0.39 is 0 Å². The maximum atomic E-state index is 13.3. The van der Waals surface area contributed by atoms with E-state index >= 15 is 0 Å². The Kier molecular flexibility index (Phi) is 5.64. The van der Waals surface area contributed by atoms with Crippen molar-refractivity contribution in [1.82, 2.24) is 0 Å². The predicted molar refractivity (Wildman–Crippen MR) is 90.2 cm³/mol. The topological polar surface area (TPSA) is 9.23 Å². The van der Waals surface area contributed by atoms with Crippen LogP contribution < -0.4 is 4.74 Å². The molecule has 0 aliphatic heterocycles. The Labute approximate surface area is 142 Å². The average Bonchev–Trinajstić information content (AvgIpc) is 2.43. The van der Waals surface area contributed by atoms with Crippen molar-refractivity contribution < 1.29 is 9.13 Å². The van der Waals surface area contributed by atoms with Gasteiger partial charge in [0.2, 0.25) is 0 Å². The largest absolute Gasteiger partial charge is 0.494 e. The lowest BCUT2D eigenvalue weighted by Crippen LogP contribution is -2.00. The number of halogens is 4. The highest BCUT2D eigenvalue weighted by atomic mass is 79.9. The van der Waals surface area contributed by atoms with E-state index in [1.807, 2.05) is 25.1 Å². The van der Waals surface area contributed by atoms with Crippen LogP contribution in [0.15, 0.2) is 45.3 Å². The van der Waals surface area contributed by atoms with Crippen LogP contribution in [0, 0.1) is 5.82 Å². The van der Waals surface area contributed by atoms with Crippen LogP contribution in [0.5, 0.6) is 5.75 Å². The van der Waals surface area contributed by atoms with E-state index in [1.165, 1.54) is 6.07 Å². The summed E-state index contributed by atoms with van der Waals surface area (Å²) in [7, 11) is 0. The van der Waals surface area contributed by atoms with Gasteiger partial charge in [-0.15, -0.1) is 0 Å². The molecule has 5 heteroatoms. The van der Waals surface area contributed by atoms with Crippen molar-refractivity contribution in [3.05, 3.63) is 62.3 Å². The minimum atomic E-state index is -0.271. The van der Waals surface area contributed by atoms with Gasteiger partial charge in [-0.05, 0) is 58.7 Å². The minimum absolute atomic E-state index is 0.0709. The van der Waals surface area contributed by atoms with Gasteiger partial charge < -0.3 is 4.74 Å². The van der Waals surface area contributed by atoms with Crippen LogP contribution in [-0.2, 0) is 0 Å². The molecule has 20 heavy (non-hydrogen) atoms. The number of rotatable bonds is 4. The molecule has 2 aromatic carbocycles. The van der Waals surface area contributed by atoms with Gasteiger partial charge >= 0.3 is 0 Å². The third kappa shape index (κ3) is 3.62. The Morgan fingerprint density at radius 3 is 2.55 bits per heavy atom. The summed E-state index contributed by atoms with van der Waals surface area (Å²) in [5.74, 6) is 0.547. The molecule has 0 heterocycles. The van der Waals surface area contributed by atoms with Gasteiger partial charge in [0.05, 0.1) is 15.9 Å². The van der Waals surface area contributed by atoms with Crippen LogP contribution in [0.4, 0.5) is 4.39 Å². The molecule has 0 aliphatic rings. The van der Waals surface area contributed by atoms with Crippen LogP contribution >= 0.6 is 47.8 Å². The lowest BCUT2D eigenvalue weighted by molar-refractivity contribution is 0.337. The summed E-state index contributed by atoms with van der Waals surface area (Å²) < 4.78 is 20.4. The molecule has 2 aromatic rings. The Bertz CT molecular complexity index is 616. The minimum Gasteiger partial charge on any atom is -0.494 e. The highest BCUT2D eigenvalue weighted by Crippen LogP contribution is 2.39. The van der Waals surface area contributed by atoms with Crippen molar-refractivity contribution in [1.29, 1.82) is 0 Å². The van der Waals surface area contributed by atoms with Crippen LogP contribution in [0.25, 0.3) is 0 Å². The fraction of sp³-hybridized carbons (Fsp3) is 0.200. The molecule has 0 aliphatic carbocycles. The standard InChI is InChI=1S/C15H12Br3FO/c1-2-20-14-6-4-10(16)8-11(14)15(18)9-3-5-13(19)12(17)7-9/h3-8,15H,2H2,1H3. The van der Waals surface area contributed by atoms with Crippen LogP contribution in [-0.4, -0.2) is 6.61 Å². The van der Waals surface area contributed by atoms with Gasteiger partial charge in [0, 0.05) is 10.0 Å². The molecule has 1 atom stereocenters. The van der Waals surface area contributed by atoms with Gasteiger partial charge in [-0.2, -0.15) is 0 Å². The normalized spacial score (nSPS) is 12.2. The molecule has 2 rings (SSSR count). The highest BCUT2D eigenvalue weighted by molar-refractivity contribution is 9.11. The molecule has 0 bridgehead atoms. The molecule has 0 spiro atoms. The third-order valence-corrected chi connectivity index (χ3v) is 4.90. The molecule has 0 saturated heterocycles. The fourth-order valence-electron chi connectivity index (χ4n) is 1.85. The van der Waals surface area contributed by atoms with Crippen molar-refractivity contribution in [2.45, 2.75) is 11.8 Å². The zero-order chi connectivity index (χ0) is 14.7. The lowest BCUT2D eigenvalue weighted by Gasteiger charge is -2.16. The van der Waals surface area contributed by atoms with E-state index in [2.05, 4.69) is 47.8 Å². The van der Waals surface area contributed by atoms with Crippen molar-refractivity contribution in [3.63, 3.8) is 0 Å². The Hall–Kier alpha value is -0.390. The summed E-state index contributed by atoms with van der Waals surface area (Å²) in [6.45, 7) is 2.55. The molecular weight excluding hydrogens is 455 g/mol. The predicted octanol–water partition coefficient (Wildman–Crippen LogP) is 6.23. The third-order valence-electron chi connectivity index (χ3n) is 2.78. The first-order valence-electron chi connectivity index (χ1n) is 6.04. The SMILES string of the molecule is CCOc1ccc(Br)cc1C(Br)c1ccc(F)c(Br)c1. The highest BCUT2D eigenvalue weighted by Gasteiger charge is 2.17. The van der Waals surface area contributed by atoms with Crippen molar-refractivity contribution in [3.8, 4) is 5.75 Å². The van der Waals surface area contributed by atoms with Crippen LogP contribution in [0.1, 0.15) is 22.9 Å². The number of alkyl halides is 1. The summed E-state index contributed by atoms with van der Waals surface area (Å²) in [4.78, 5) is -0.0709. The van der Waals surface area contributed by atoms with Crippen molar-refractivity contribution in [2.75, 3.05) is 6.61 Å². The van der Waals surface area contributed by atoms with E-state index in [0.717, 1.165) is 21.3 Å². The van der Waals surface area contributed by atoms with Crippen LogP contribution in [0.3, 0.4) is 0 Å². The number of benzene rings is 2. The summed E-state index contributed by atoms with van der Waals surface area (Å²) in [5, 5.41) is 0. The molecule has 0 saturated carbocycles. The summed E-state index contributed by atoms with van der Waals surface area (Å²) in [6.07, 6.45) is 0. The molecule has 0 aromatic heterocycles. The molecule has 106 valence electrons. The zero-order valence-corrected chi connectivity index (χ0v) is 15.4. The number of ether oxygens (including phenoxy) is 1. The van der Waals surface area contributed by atoms with Crippen molar-refractivity contribution in [2.24, 2.45) is 0 Å². The second kappa shape index (κ2) is 7.05. The van der Waals surface area contributed by atoms with Crippen LogP contribution in [0.2, 0.25) is 0 Å². The molecule has 0 amide bonds. The first-order chi connectivity index (χ1) is 9.52. The smallest absolute Gasteiger partial charge is 0.137 e. The van der Waals surface area contributed by atoms with Crippen molar-refractivity contribution >= 4 is 47.8 Å². The number of hydrogen-bond acceptors (Lipinski definition) is 1. The van der Waals surface area contributed by atoms with E-state index in [1.54, 1.807) is 12.1 Å². The Balaban J connectivity index is 2.43. The van der Waals surface area contributed by atoms with Gasteiger partial charge in [-0.25, -0.2) is 4.39 Å². The first kappa shape index (κ1) is 16.0. The van der Waals surface area contributed by atoms with E-state index in [0.29, 0.717) is 11.1 Å². The van der Waals surface area contributed by atoms with E-state index in [9.17, 15) is 4.39 Å². The molecular formula is C15H12Br3FO. The zero-order valence-electron chi connectivity index (χ0n) is 10.7. The molecule has 0 N–H and O–H groups in total. The summed E-state index contributed by atoms with van der Waals surface area (Å²) in [6, 6.07) is 10.8. The average molecular weight is 467 g/mol.